The van der Waals surface area contributed by atoms with Gasteiger partial charge in [0, 0.05) is 11.6 Å². The molecule has 4 N–H and O–H groups in total. The zero-order valence-electron chi connectivity index (χ0n) is 16.8. The first-order valence-corrected chi connectivity index (χ1v) is 12.1. The Morgan fingerprint density at radius 1 is 1.07 bits per heavy atom. The zero-order valence-corrected chi connectivity index (χ0v) is 18.5. The number of benzene rings is 2. The Hall–Kier alpha value is -2.23. The molecule has 0 radical (unpaired) electrons. The molecular formula is C19H25N2O7PS. The van der Waals surface area contributed by atoms with Crippen LogP contribution in [0.1, 0.15) is 27.2 Å². The lowest BCUT2D eigenvalue weighted by Crippen LogP contribution is -2.47. The Labute approximate surface area is 175 Å². The number of nitrogens with one attached hydrogen (secondary N) is 2. The van der Waals surface area contributed by atoms with Gasteiger partial charge in [0.05, 0.1) is 4.90 Å². The van der Waals surface area contributed by atoms with Crippen molar-refractivity contribution in [1.82, 2.24) is 10.0 Å². The summed E-state index contributed by atoms with van der Waals surface area (Å²) >= 11 is 0. The maximum atomic E-state index is 12.6. The van der Waals surface area contributed by atoms with Gasteiger partial charge in [-0.15, -0.1) is 0 Å². The van der Waals surface area contributed by atoms with Gasteiger partial charge >= 0.3 is 13.2 Å². The highest BCUT2D eigenvalue weighted by molar-refractivity contribution is 7.89. The van der Waals surface area contributed by atoms with Crippen molar-refractivity contribution in [1.29, 1.82) is 0 Å². The van der Waals surface area contributed by atoms with Gasteiger partial charge in [-0.1, -0.05) is 18.2 Å². The van der Waals surface area contributed by atoms with Gasteiger partial charge in [-0.3, -0.25) is 4.79 Å². The molecule has 0 aromatic heterocycles. The number of carbonyl (C=O) groups is 1. The molecule has 2 rings (SSSR count). The molecule has 1 amide bonds. The normalized spacial score (nSPS) is 13.5. The molecule has 1 unspecified atom stereocenters. The van der Waals surface area contributed by atoms with E-state index >= 15 is 0 Å². The highest BCUT2D eigenvalue weighted by Crippen LogP contribution is 2.36. The van der Waals surface area contributed by atoms with E-state index in [9.17, 15) is 17.8 Å². The minimum Gasteiger partial charge on any atom is -0.457 e. The molecule has 0 bridgehead atoms. The fourth-order valence-electron chi connectivity index (χ4n) is 2.86. The van der Waals surface area contributed by atoms with E-state index in [1.165, 1.54) is 24.3 Å². The molecule has 0 saturated carbocycles. The molecule has 0 aliphatic rings. The summed E-state index contributed by atoms with van der Waals surface area (Å²) in [4.78, 5) is 29.4. The molecule has 0 aliphatic heterocycles. The molecule has 0 heterocycles. The number of rotatable bonds is 9. The quantitative estimate of drug-likeness (QED) is 0.425. The topological polar surface area (TPSA) is 142 Å². The van der Waals surface area contributed by atoms with Crippen LogP contribution < -0.4 is 14.8 Å². The number of ether oxygens (including phenoxy) is 1. The summed E-state index contributed by atoms with van der Waals surface area (Å²) < 4.78 is 44.4. The van der Waals surface area contributed by atoms with E-state index in [1.807, 2.05) is 18.2 Å². The molecule has 2 aromatic carbocycles. The van der Waals surface area contributed by atoms with Gasteiger partial charge in [0.15, 0.2) is 0 Å². The number of hydrogen-bond acceptors (Lipinski definition) is 5. The molecule has 2 aromatic rings. The molecule has 164 valence electrons. The number of hydrogen-bond donors (Lipinski definition) is 4. The lowest BCUT2D eigenvalue weighted by atomic mass is 9.97. The first-order chi connectivity index (χ1) is 13.8. The SMILES string of the molecule is CC(CC(C)(C)NC(=O)P(=O)(O)O)NS(=O)(=O)c1ccc(Oc2ccccc2)cc1. The Bertz CT molecular complexity index is 1020. The summed E-state index contributed by atoms with van der Waals surface area (Å²) in [6.45, 7) is 4.68. The second-order valence-corrected chi connectivity index (χ2v) is 10.7. The molecule has 0 fully saturated rings. The monoisotopic (exact) mass is 456 g/mol. The lowest BCUT2D eigenvalue weighted by molar-refractivity contribution is 0.235. The van der Waals surface area contributed by atoms with Crippen molar-refractivity contribution in [3.05, 3.63) is 54.6 Å². The zero-order chi connectivity index (χ0) is 22.6. The first-order valence-electron chi connectivity index (χ1n) is 9.02. The van der Waals surface area contributed by atoms with Gasteiger partial charge in [0.2, 0.25) is 10.0 Å². The van der Waals surface area contributed by atoms with Crippen molar-refractivity contribution in [3.8, 4) is 11.5 Å². The summed E-state index contributed by atoms with van der Waals surface area (Å²) in [5.41, 5.74) is -2.45. The lowest BCUT2D eigenvalue weighted by Gasteiger charge is -2.29. The highest BCUT2D eigenvalue weighted by Gasteiger charge is 2.33. The summed E-state index contributed by atoms with van der Waals surface area (Å²) in [7, 11) is -8.77. The molecule has 30 heavy (non-hydrogen) atoms. The third-order valence-electron chi connectivity index (χ3n) is 4.00. The summed E-state index contributed by atoms with van der Waals surface area (Å²) in [5.74, 6) is 1.11. The second kappa shape index (κ2) is 9.28. The van der Waals surface area contributed by atoms with Gasteiger partial charge in [0.1, 0.15) is 11.5 Å². The van der Waals surface area contributed by atoms with Crippen LogP contribution in [0.4, 0.5) is 4.79 Å². The van der Waals surface area contributed by atoms with E-state index in [0.717, 1.165) is 0 Å². The van der Waals surface area contributed by atoms with E-state index in [-0.39, 0.29) is 11.3 Å². The van der Waals surface area contributed by atoms with Crippen LogP contribution in [0.2, 0.25) is 0 Å². The smallest absolute Gasteiger partial charge is 0.413 e. The van der Waals surface area contributed by atoms with Crippen molar-refractivity contribution in [2.75, 3.05) is 0 Å². The van der Waals surface area contributed by atoms with E-state index in [1.54, 1.807) is 32.9 Å². The van der Waals surface area contributed by atoms with Crippen molar-refractivity contribution in [2.45, 2.75) is 43.7 Å². The van der Waals surface area contributed by atoms with E-state index in [0.29, 0.717) is 11.5 Å². The highest BCUT2D eigenvalue weighted by atomic mass is 32.2. The molecule has 0 spiro atoms. The van der Waals surface area contributed by atoms with Crippen LogP contribution in [0.25, 0.3) is 0 Å². The van der Waals surface area contributed by atoms with Crippen LogP contribution in [-0.2, 0) is 14.6 Å². The fourth-order valence-corrected chi connectivity index (χ4v) is 4.56. The van der Waals surface area contributed by atoms with Gasteiger partial charge < -0.3 is 19.8 Å². The molecule has 0 saturated heterocycles. The van der Waals surface area contributed by atoms with Crippen LogP contribution >= 0.6 is 7.60 Å². The molecule has 0 aliphatic carbocycles. The van der Waals surface area contributed by atoms with E-state index in [2.05, 4.69) is 10.0 Å². The minimum absolute atomic E-state index is 0.0341. The molecule has 1 atom stereocenters. The molecule has 9 nitrogen and oxygen atoms in total. The minimum atomic E-state index is -4.92. The predicted octanol–water partition coefficient (Wildman–Crippen LogP) is 3.20. The number of sulfonamides is 1. The van der Waals surface area contributed by atoms with Crippen LogP contribution in [0.15, 0.2) is 59.5 Å². The summed E-state index contributed by atoms with van der Waals surface area (Å²) in [6.07, 6.45) is 0.104. The largest absolute Gasteiger partial charge is 0.457 e. The third kappa shape index (κ3) is 7.23. The van der Waals surface area contributed by atoms with Crippen LogP contribution in [0.3, 0.4) is 0 Å². The molecular weight excluding hydrogens is 431 g/mol. The van der Waals surface area contributed by atoms with Crippen LogP contribution in [0.5, 0.6) is 11.5 Å². The Kier molecular flexibility index (Phi) is 7.44. The van der Waals surface area contributed by atoms with Crippen molar-refractivity contribution in [2.24, 2.45) is 0 Å². The van der Waals surface area contributed by atoms with Crippen LogP contribution in [0, 0.1) is 0 Å². The van der Waals surface area contributed by atoms with Crippen molar-refractivity contribution >= 4 is 23.3 Å². The number of carbonyl (C=O) groups excluding carboxylic acids is 1. The third-order valence-corrected chi connectivity index (χ3v) is 6.24. The Morgan fingerprint density at radius 3 is 2.13 bits per heavy atom. The maximum Gasteiger partial charge on any atom is 0.413 e. The average molecular weight is 456 g/mol. The second-order valence-electron chi connectivity index (χ2n) is 7.47. The van der Waals surface area contributed by atoms with Crippen LogP contribution in [-0.4, -0.2) is 35.4 Å². The van der Waals surface area contributed by atoms with Gasteiger partial charge in [-0.05, 0) is 63.6 Å². The Morgan fingerprint density at radius 2 is 1.60 bits per heavy atom. The van der Waals surface area contributed by atoms with Crippen molar-refractivity contribution < 1.29 is 32.3 Å². The maximum absolute atomic E-state index is 12.6. The van der Waals surface area contributed by atoms with Crippen molar-refractivity contribution in [3.63, 3.8) is 0 Å². The standard InChI is InChI=1S/C19H25N2O7PS/c1-14(13-19(2,3)20-18(22)29(23,24)25)21-30(26,27)17-11-9-16(10-12-17)28-15-7-5-4-6-8-15/h4-12,14,21H,13H2,1-3H3,(H,20,22)(H2,23,24,25). The molecule has 11 heteroatoms. The predicted molar refractivity (Wildman–Crippen MR) is 112 cm³/mol. The average Bonchev–Trinajstić information content (AvgIpc) is 2.60. The van der Waals surface area contributed by atoms with Gasteiger partial charge in [-0.25, -0.2) is 17.7 Å². The van der Waals surface area contributed by atoms with E-state index in [4.69, 9.17) is 14.5 Å². The summed E-state index contributed by atoms with van der Waals surface area (Å²) in [5, 5.41) is 2.23. The summed E-state index contributed by atoms with van der Waals surface area (Å²) in [6, 6.07) is 14.3. The van der Waals surface area contributed by atoms with E-state index < -0.39 is 34.8 Å². The number of para-hydroxylation sites is 1. The number of amides is 1. The fraction of sp³-hybridized carbons (Fsp3) is 0.316. The Balaban J connectivity index is 2.01. The first kappa shape index (κ1) is 24.0. The van der Waals surface area contributed by atoms with Gasteiger partial charge in [-0.2, -0.15) is 0 Å². The van der Waals surface area contributed by atoms with Gasteiger partial charge in [0.25, 0.3) is 0 Å².